The summed E-state index contributed by atoms with van der Waals surface area (Å²) in [6.45, 7) is 3.18. The normalized spacial score (nSPS) is 16.1. The van der Waals surface area contributed by atoms with Crippen LogP contribution in [0.5, 0.6) is 0 Å². The maximum atomic E-state index is 12.4. The molecule has 0 bridgehead atoms. The number of hydrogen-bond donors (Lipinski definition) is 2. The van der Waals surface area contributed by atoms with Crippen LogP contribution in [-0.2, 0) is 12.0 Å². The standard InChI is InChI=1S/C19H25N3OS.ClH/c1-14-6-5-7-15(10-14)19(8-3-2-4-9-19)13-21-18(23)16-12-24-17(11-20)22-16;/h5-7,10,12H,2-4,8-9,11,13,20H2,1H3,(H,21,23);1H. The molecule has 1 aliphatic carbocycles. The van der Waals surface area contributed by atoms with Gasteiger partial charge in [0.2, 0.25) is 0 Å². The lowest BCUT2D eigenvalue weighted by molar-refractivity contribution is 0.0932. The second kappa shape index (κ2) is 8.79. The van der Waals surface area contributed by atoms with Crippen LogP contribution in [0.3, 0.4) is 0 Å². The predicted octanol–water partition coefficient (Wildman–Crippen LogP) is 3.96. The Kier molecular flexibility index (Phi) is 6.99. The second-order valence-electron chi connectivity index (χ2n) is 6.72. The van der Waals surface area contributed by atoms with Crippen molar-refractivity contribution in [3.05, 3.63) is 51.5 Å². The van der Waals surface area contributed by atoms with E-state index in [1.54, 1.807) is 5.38 Å². The van der Waals surface area contributed by atoms with Gasteiger partial charge in [0, 0.05) is 23.9 Å². The number of nitrogens with two attached hydrogens (primary N) is 1. The molecule has 2 aromatic rings. The number of rotatable bonds is 5. The minimum Gasteiger partial charge on any atom is -0.350 e. The van der Waals surface area contributed by atoms with Gasteiger partial charge in [0.25, 0.3) is 5.91 Å². The molecule has 0 atom stereocenters. The Morgan fingerprint density at radius 1 is 1.32 bits per heavy atom. The Bertz CT molecular complexity index is 710. The summed E-state index contributed by atoms with van der Waals surface area (Å²) in [4.78, 5) is 16.7. The zero-order chi connectivity index (χ0) is 17.0. The highest BCUT2D eigenvalue weighted by atomic mass is 35.5. The average molecular weight is 380 g/mol. The van der Waals surface area contributed by atoms with Gasteiger partial charge in [0.05, 0.1) is 0 Å². The van der Waals surface area contributed by atoms with Crippen LogP contribution in [0.2, 0.25) is 0 Å². The predicted molar refractivity (Wildman–Crippen MR) is 106 cm³/mol. The number of amides is 1. The molecule has 1 aromatic carbocycles. The van der Waals surface area contributed by atoms with Crippen molar-refractivity contribution in [2.75, 3.05) is 6.54 Å². The van der Waals surface area contributed by atoms with Gasteiger partial charge in [-0.15, -0.1) is 23.7 Å². The summed E-state index contributed by atoms with van der Waals surface area (Å²) in [5.41, 5.74) is 8.74. The molecule has 0 spiro atoms. The molecule has 3 rings (SSSR count). The number of nitrogens with zero attached hydrogens (tertiary/aromatic N) is 1. The summed E-state index contributed by atoms with van der Waals surface area (Å²) in [5, 5.41) is 5.72. The lowest BCUT2D eigenvalue weighted by atomic mass is 9.69. The summed E-state index contributed by atoms with van der Waals surface area (Å²) in [5.74, 6) is -0.0939. The summed E-state index contributed by atoms with van der Waals surface area (Å²) in [6, 6.07) is 8.73. The zero-order valence-corrected chi connectivity index (χ0v) is 16.2. The molecular formula is C19H26ClN3OS. The number of thiazole rings is 1. The van der Waals surface area contributed by atoms with Gasteiger partial charge in [-0.1, -0.05) is 49.1 Å². The summed E-state index contributed by atoms with van der Waals surface area (Å²) in [6.07, 6.45) is 5.98. The first-order valence-electron chi connectivity index (χ1n) is 8.63. The van der Waals surface area contributed by atoms with E-state index in [2.05, 4.69) is 41.5 Å². The van der Waals surface area contributed by atoms with Crippen LogP contribution >= 0.6 is 23.7 Å². The van der Waals surface area contributed by atoms with Gasteiger partial charge in [0.1, 0.15) is 10.7 Å². The Balaban J connectivity index is 0.00000225. The van der Waals surface area contributed by atoms with Crippen LogP contribution in [0.15, 0.2) is 29.6 Å². The average Bonchev–Trinajstić information content (AvgIpc) is 3.10. The monoisotopic (exact) mass is 379 g/mol. The first-order valence-corrected chi connectivity index (χ1v) is 9.51. The molecule has 25 heavy (non-hydrogen) atoms. The van der Waals surface area contributed by atoms with Crippen molar-refractivity contribution in [2.45, 2.75) is 51.0 Å². The third kappa shape index (κ3) is 4.60. The summed E-state index contributed by atoms with van der Waals surface area (Å²) in [7, 11) is 0. The van der Waals surface area contributed by atoms with Gasteiger partial charge in [-0.3, -0.25) is 4.79 Å². The van der Waals surface area contributed by atoms with Gasteiger partial charge < -0.3 is 11.1 Å². The lowest BCUT2D eigenvalue weighted by Gasteiger charge is -2.38. The maximum Gasteiger partial charge on any atom is 0.270 e. The van der Waals surface area contributed by atoms with E-state index in [1.165, 1.54) is 41.7 Å². The molecule has 1 aromatic heterocycles. The number of carbonyl (C=O) groups is 1. The van der Waals surface area contributed by atoms with Crippen LogP contribution in [-0.4, -0.2) is 17.4 Å². The maximum absolute atomic E-state index is 12.4. The fourth-order valence-corrected chi connectivity index (χ4v) is 4.27. The largest absolute Gasteiger partial charge is 0.350 e. The third-order valence-corrected chi connectivity index (χ3v) is 5.86. The lowest BCUT2D eigenvalue weighted by Crippen LogP contribution is -2.42. The van der Waals surface area contributed by atoms with Crippen molar-refractivity contribution in [3.63, 3.8) is 0 Å². The number of halogens is 1. The molecule has 0 radical (unpaired) electrons. The highest BCUT2D eigenvalue weighted by Crippen LogP contribution is 2.39. The zero-order valence-electron chi connectivity index (χ0n) is 14.6. The molecule has 6 heteroatoms. The number of benzene rings is 1. The van der Waals surface area contributed by atoms with E-state index < -0.39 is 0 Å². The Morgan fingerprint density at radius 2 is 2.08 bits per heavy atom. The van der Waals surface area contributed by atoms with Crippen molar-refractivity contribution in [3.8, 4) is 0 Å². The van der Waals surface area contributed by atoms with E-state index >= 15 is 0 Å². The number of aromatic nitrogens is 1. The summed E-state index contributed by atoms with van der Waals surface area (Å²) >= 11 is 1.44. The molecule has 136 valence electrons. The minimum absolute atomic E-state index is 0. The fourth-order valence-electron chi connectivity index (χ4n) is 3.62. The van der Waals surface area contributed by atoms with Crippen molar-refractivity contribution >= 4 is 29.7 Å². The molecule has 1 amide bonds. The van der Waals surface area contributed by atoms with Crippen LogP contribution in [0, 0.1) is 6.92 Å². The first kappa shape index (κ1) is 19.9. The molecule has 3 N–H and O–H groups in total. The van der Waals surface area contributed by atoms with Crippen molar-refractivity contribution in [2.24, 2.45) is 5.73 Å². The van der Waals surface area contributed by atoms with Crippen LogP contribution in [0.1, 0.15) is 58.7 Å². The molecule has 4 nitrogen and oxygen atoms in total. The number of aryl methyl sites for hydroxylation is 1. The second-order valence-corrected chi connectivity index (χ2v) is 7.67. The van der Waals surface area contributed by atoms with E-state index in [1.807, 2.05) is 0 Å². The van der Waals surface area contributed by atoms with Gasteiger partial charge >= 0.3 is 0 Å². The van der Waals surface area contributed by atoms with E-state index in [9.17, 15) is 4.79 Å². The highest BCUT2D eigenvalue weighted by molar-refractivity contribution is 7.09. The quantitative estimate of drug-likeness (QED) is 0.826. The van der Waals surface area contributed by atoms with E-state index in [0.717, 1.165) is 17.8 Å². The first-order chi connectivity index (χ1) is 11.6. The molecule has 0 aliphatic heterocycles. The third-order valence-electron chi connectivity index (χ3n) is 4.99. The van der Waals surface area contributed by atoms with Gasteiger partial charge in [0.15, 0.2) is 0 Å². The fraction of sp³-hybridized carbons (Fsp3) is 0.474. The topological polar surface area (TPSA) is 68.0 Å². The van der Waals surface area contributed by atoms with Crippen molar-refractivity contribution in [1.82, 2.24) is 10.3 Å². The molecular weight excluding hydrogens is 354 g/mol. The Hall–Kier alpha value is -1.43. The molecule has 1 aliphatic rings. The van der Waals surface area contributed by atoms with Gasteiger partial charge in [-0.2, -0.15) is 0 Å². The number of carbonyl (C=O) groups excluding carboxylic acids is 1. The summed E-state index contributed by atoms with van der Waals surface area (Å²) < 4.78 is 0. The Labute approximate surface area is 159 Å². The van der Waals surface area contributed by atoms with Crippen LogP contribution < -0.4 is 11.1 Å². The smallest absolute Gasteiger partial charge is 0.270 e. The van der Waals surface area contributed by atoms with Gasteiger partial charge in [-0.05, 0) is 25.3 Å². The van der Waals surface area contributed by atoms with E-state index in [-0.39, 0.29) is 23.7 Å². The molecule has 1 fully saturated rings. The van der Waals surface area contributed by atoms with E-state index in [0.29, 0.717) is 18.8 Å². The molecule has 1 heterocycles. The number of nitrogens with one attached hydrogen (secondary N) is 1. The molecule has 1 saturated carbocycles. The molecule has 0 saturated heterocycles. The Morgan fingerprint density at radius 3 is 2.72 bits per heavy atom. The van der Waals surface area contributed by atoms with Crippen LogP contribution in [0.4, 0.5) is 0 Å². The SMILES string of the molecule is Cc1cccc(C2(CNC(=O)c3csc(CN)n3)CCCCC2)c1.Cl. The molecule has 0 unspecified atom stereocenters. The van der Waals surface area contributed by atoms with Gasteiger partial charge in [-0.25, -0.2) is 4.98 Å². The minimum atomic E-state index is -0.0939. The van der Waals surface area contributed by atoms with E-state index in [4.69, 9.17) is 5.73 Å². The van der Waals surface area contributed by atoms with Crippen molar-refractivity contribution in [1.29, 1.82) is 0 Å². The highest BCUT2D eigenvalue weighted by Gasteiger charge is 2.34. The van der Waals surface area contributed by atoms with Crippen LogP contribution in [0.25, 0.3) is 0 Å². The number of hydrogen-bond acceptors (Lipinski definition) is 4. The van der Waals surface area contributed by atoms with Crippen molar-refractivity contribution < 1.29 is 4.79 Å².